The van der Waals surface area contributed by atoms with Gasteiger partial charge in [-0.3, -0.25) is 4.79 Å². The summed E-state index contributed by atoms with van der Waals surface area (Å²) in [5.74, 6) is 1.37. The van der Waals surface area contributed by atoms with Gasteiger partial charge >= 0.3 is 0 Å². The molecule has 5 heteroatoms. The van der Waals surface area contributed by atoms with Crippen LogP contribution in [0.3, 0.4) is 0 Å². The molecule has 1 aliphatic rings. The highest BCUT2D eigenvalue weighted by molar-refractivity contribution is 7.98. The number of hydrogen-bond acceptors (Lipinski definition) is 3. The zero-order valence-corrected chi connectivity index (χ0v) is 11.6. The van der Waals surface area contributed by atoms with Crippen molar-refractivity contribution in [2.45, 2.75) is 24.6 Å². The summed E-state index contributed by atoms with van der Waals surface area (Å²) < 4.78 is 13.3. The van der Waals surface area contributed by atoms with Crippen LogP contribution < -0.4 is 10.6 Å². The molecule has 1 aliphatic heterocycles. The molecule has 0 aromatic heterocycles. The summed E-state index contributed by atoms with van der Waals surface area (Å²) in [6.45, 7) is 1.57. The van der Waals surface area contributed by atoms with Crippen molar-refractivity contribution in [1.82, 2.24) is 10.6 Å². The van der Waals surface area contributed by atoms with Crippen molar-refractivity contribution in [3.63, 3.8) is 0 Å². The smallest absolute Gasteiger partial charge is 0.237 e. The molecule has 3 nitrogen and oxygen atoms in total. The summed E-state index contributed by atoms with van der Waals surface area (Å²) in [4.78, 5) is 11.7. The second-order valence-electron chi connectivity index (χ2n) is 4.58. The zero-order valence-electron chi connectivity index (χ0n) is 10.8. The standard InChI is InChI=1S/C14H19FN2OS/c15-12-5-2-1-4-11(12)10-19-9-8-17-14(18)13-6-3-7-16-13/h1-2,4-5,13,16H,3,6-10H2,(H,17,18). The van der Waals surface area contributed by atoms with Crippen molar-refractivity contribution in [2.24, 2.45) is 0 Å². The van der Waals surface area contributed by atoms with Gasteiger partial charge in [-0.05, 0) is 31.0 Å². The van der Waals surface area contributed by atoms with E-state index >= 15 is 0 Å². The second kappa shape index (κ2) is 7.50. The Labute approximate surface area is 117 Å². The highest BCUT2D eigenvalue weighted by Crippen LogP contribution is 2.14. The molecule has 1 heterocycles. The molecule has 0 bridgehead atoms. The van der Waals surface area contributed by atoms with Gasteiger partial charge in [-0.25, -0.2) is 4.39 Å². The molecule has 104 valence electrons. The first-order chi connectivity index (χ1) is 9.27. The number of benzene rings is 1. The Morgan fingerprint density at radius 1 is 1.47 bits per heavy atom. The molecule has 1 unspecified atom stereocenters. The fourth-order valence-electron chi connectivity index (χ4n) is 2.08. The third-order valence-corrected chi connectivity index (χ3v) is 4.15. The van der Waals surface area contributed by atoms with Crippen LogP contribution in [0.2, 0.25) is 0 Å². The quantitative estimate of drug-likeness (QED) is 0.783. The maximum atomic E-state index is 13.3. The van der Waals surface area contributed by atoms with Crippen molar-refractivity contribution >= 4 is 17.7 Å². The minimum absolute atomic E-state index is 0.0171. The molecule has 1 aromatic carbocycles. The topological polar surface area (TPSA) is 41.1 Å². The van der Waals surface area contributed by atoms with Crippen molar-refractivity contribution < 1.29 is 9.18 Å². The van der Waals surface area contributed by atoms with E-state index in [2.05, 4.69) is 10.6 Å². The molecule has 0 radical (unpaired) electrons. The van der Waals surface area contributed by atoms with E-state index in [0.717, 1.165) is 30.7 Å². The predicted molar refractivity (Wildman–Crippen MR) is 76.6 cm³/mol. The van der Waals surface area contributed by atoms with Crippen LogP contribution in [0, 0.1) is 5.82 Å². The van der Waals surface area contributed by atoms with E-state index < -0.39 is 0 Å². The van der Waals surface area contributed by atoms with Gasteiger partial charge in [0.05, 0.1) is 6.04 Å². The lowest BCUT2D eigenvalue weighted by molar-refractivity contribution is -0.122. The van der Waals surface area contributed by atoms with E-state index in [1.165, 1.54) is 6.07 Å². The summed E-state index contributed by atoms with van der Waals surface area (Å²) in [6.07, 6.45) is 1.99. The van der Waals surface area contributed by atoms with Gasteiger partial charge in [-0.2, -0.15) is 11.8 Å². The fourth-order valence-corrected chi connectivity index (χ4v) is 2.92. The Morgan fingerprint density at radius 3 is 3.05 bits per heavy atom. The number of amides is 1. The highest BCUT2D eigenvalue weighted by Gasteiger charge is 2.20. The molecule has 2 rings (SSSR count). The number of thioether (sulfide) groups is 1. The van der Waals surface area contributed by atoms with Gasteiger partial charge in [-0.1, -0.05) is 18.2 Å². The lowest BCUT2D eigenvalue weighted by Crippen LogP contribution is -2.41. The Bertz CT molecular complexity index is 422. The van der Waals surface area contributed by atoms with E-state index in [1.807, 2.05) is 6.07 Å². The van der Waals surface area contributed by atoms with Gasteiger partial charge in [0.2, 0.25) is 5.91 Å². The molecular weight excluding hydrogens is 263 g/mol. The van der Waals surface area contributed by atoms with E-state index in [0.29, 0.717) is 12.3 Å². The van der Waals surface area contributed by atoms with Crippen molar-refractivity contribution in [2.75, 3.05) is 18.8 Å². The first-order valence-corrected chi connectivity index (χ1v) is 7.75. The van der Waals surface area contributed by atoms with Crippen LogP contribution in [0.15, 0.2) is 24.3 Å². The maximum absolute atomic E-state index is 13.3. The molecule has 1 atom stereocenters. The molecule has 1 amide bonds. The lowest BCUT2D eigenvalue weighted by atomic mass is 10.2. The highest BCUT2D eigenvalue weighted by atomic mass is 32.2. The molecule has 1 saturated heterocycles. The maximum Gasteiger partial charge on any atom is 0.237 e. The Balaban J connectivity index is 1.59. The van der Waals surface area contributed by atoms with E-state index in [-0.39, 0.29) is 17.8 Å². The monoisotopic (exact) mass is 282 g/mol. The summed E-state index contributed by atoms with van der Waals surface area (Å²) >= 11 is 1.63. The number of halogens is 1. The van der Waals surface area contributed by atoms with Gasteiger partial charge < -0.3 is 10.6 Å². The Kier molecular flexibility index (Phi) is 5.66. The summed E-state index contributed by atoms with van der Waals surface area (Å²) in [5.41, 5.74) is 0.719. The molecular formula is C14H19FN2OS. The van der Waals surface area contributed by atoms with Gasteiger partial charge in [0.25, 0.3) is 0 Å². The fraction of sp³-hybridized carbons (Fsp3) is 0.500. The molecule has 2 N–H and O–H groups in total. The van der Waals surface area contributed by atoms with Crippen molar-refractivity contribution in [3.05, 3.63) is 35.6 Å². The molecule has 0 saturated carbocycles. The predicted octanol–water partition coefficient (Wildman–Crippen LogP) is 1.93. The van der Waals surface area contributed by atoms with Crippen LogP contribution in [0.4, 0.5) is 4.39 Å². The van der Waals surface area contributed by atoms with Crippen LogP contribution in [-0.4, -0.2) is 30.8 Å². The van der Waals surface area contributed by atoms with Gasteiger partial charge in [0.1, 0.15) is 5.82 Å². The number of nitrogens with one attached hydrogen (secondary N) is 2. The van der Waals surface area contributed by atoms with Crippen LogP contribution in [0.5, 0.6) is 0 Å². The average Bonchev–Trinajstić information content (AvgIpc) is 2.94. The first-order valence-electron chi connectivity index (χ1n) is 6.59. The van der Waals surface area contributed by atoms with Crippen LogP contribution in [-0.2, 0) is 10.5 Å². The summed E-state index contributed by atoms with van der Waals surface area (Å²) in [7, 11) is 0. The average molecular weight is 282 g/mol. The summed E-state index contributed by atoms with van der Waals surface area (Å²) in [6, 6.07) is 6.79. The van der Waals surface area contributed by atoms with E-state index in [9.17, 15) is 9.18 Å². The lowest BCUT2D eigenvalue weighted by Gasteiger charge is -2.10. The number of rotatable bonds is 6. The minimum Gasteiger partial charge on any atom is -0.354 e. The number of carbonyl (C=O) groups is 1. The second-order valence-corrected chi connectivity index (χ2v) is 5.69. The molecule has 1 aromatic rings. The van der Waals surface area contributed by atoms with E-state index in [1.54, 1.807) is 23.9 Å². The van der Waals surface area contributed by atoms with Gasteiger partial charge in [0.15, 0.2) is 0 Å². The van der Waals surface area contributed by atoms with Crippen molar-refractivity contribution in [1.29, 1.82) is 0 Å². The normalized spacial score (nSPS) is 18.5. The Morgan fingerprint density at radius 2 is 2.32 bits per heavy atom. The Hall–Kier alpha value is -1.07. The largest absolute Gasteiger partial charge is 0.354 e. The number of hydrogen-bond donors (Lipinski definition) is 2. The van der Waals surface area contributed by atoms with E-state index in [4.69, 9.17) is 0 Å². The SMILES string of the molecule is O=C(NCCSCc1ccccc1F)C1CCCN1. The molecule has 0 aliphatic carbocycles. The van der Waals surface area contributed by atoms with Crippen LogP contribution in [0.1, 0.15) is 18.4 Å². The summed E-state index contributed by atoms with van der Waals surface area (Å²) in [5, 5.41) is 6.07. The number of carbonyl (C=O) groups excluding carboxylic acids is 1. The first kappa shape index (κ1) is 14.3. The molecule has 0 spiro atoms. The molecule has 19 heavy (non-hydrogen) atoms. The van der Waals surface area contributed by atoms with Gasteiger partial charge in [0, 0.05) is 18.1 Å². The third kappa shape index (κ3) is 4.51. The van der Waals surface area contributed by atoms with Gasteiger partial charge in [-0.15, -0.1) is 0 Å². The van der Waals surface area contributed by atoms with Crippen LogP contribution >= 0.6 is 11.8 Å². The van der Waals surface area contributed by atoms with Crippen molar-refractivity contribution in [3.8, 4) is 0 Å². The minimum atomic E-state index is -0.158. The van der Waals surface area contributed by atoms with Crippen LogP contribution in [0.25, 0.3) is 0 Å². The zero-order chi connectivity index (χ0) is 13.5. The third-order valence-electron chi connectivity index (χ3n) is 3.14. The molecule has 1 fully saturated rings.